The summed E-state index contributed by atoms with van der Waals surface area (Å²) in [6, 6.07) is 6.77. The fraction of sp³-hybridized carbons (Fsp3) is 0.480. The highest BCUT2D eigenvalue weighted by Gasteiger charge is 2.25. The molecular weight excluding hydrogens is 436 g/mol. The van der Waals surface area contributed by atoms with Gasteiger partial charge in [0.1, 0.15) is 5.82 Å². The molecule has 0 atom stereocenters. The van der Waals surface area contributed by atoms with E-state index in [4.69, 9.17) is 0 Å². The van der Waals surface area contributed by atoms with Gasteiger partial charge in [0.25, 0.3) is 0 Å². The molecule has 1 aromatic carbocycles. The van der Waals surface area contributed by atoms with Gasteiger partial charge in [-0.15, -0.1) is 0 Å². The molecule has 1 saturated heterocycles. The van der Waals surface area contributed by atoms with E-state index in [1.54, 1.807) is 28.6 Å². The summed E-state index contributed by atoms with van der Waals surface area (Å²) in [7, 11) is -3.44. The van der Waals surface area contributed by atoms with Crippen LogP contribution in [0.25, 0.3) is 6.08 Å². The van der Waals surface area contributed by atoms with Gasteiger partial charge >= 0.3 is 0 Å². The van der Waals surface area contributed by atoms with Crippen LogP contribution in [0.3, 0.4) is 0 Å². The van der Waals surface area contributed by atoms with E-state index >= 15 is 0 Å². The third-order valence-corrected chi connectivity index (χ3v) is 7.82. The standard InChI is InChI=1S/C25H34N4O3S/c1-4-22-19(3)27-24(5-2)28-23(22)10-9-11-25(30)26-18-20-12-14-21(15-13-20)33(31,32)29-16-7-6-8-17-29/h9-10,12-15H,4-8,11,16-18H2,1-3H3,(H,26,30)/b10-9-. The quantitative estimate of drug-likeness (QED) is 0.602. The minimum absolute atomic E-state index is 0.101. The number of nitrogens with one attached hydrogen (secondary N) is 1. The van der Waals surface area contributed by atoms with Gasteiger partial charge in [0.2, 0.25) is 15.9 Å². The van der Waals surface area contributed by atoms with Crippen molar-refractivity contribution in [3.8, 4) is 0 Å². The van der Waals surface area contributed by atoms with Crippen molar-refractivity contribution < 1.29 is 13.2 Å². The topological polar surface area (TPSA) is 92.3 Å². The van der Waals surface area contributed by atoms with E-state index in [1.165, 1.54) is 0 Å². The first-order valence-electron chi connectivity index (χ1n) is 11.7. The summed E-state index contributed by atoms with van der Waals surface area (Å²) in [6.45, 7) is 7.61. The molecule has 0 saturated carbocycles. The van der Waals surface area contributed by atoms with E-state index in [9.17, 15) is 13.2 Å². The number of carbonyl (C=O) groups excluding carboxylic acids is 1. The lowest BCUT2D eigenvalue weighted by atomic mass is 10.1. The van der Waals surface area contributed by atoms with Gasteiger partial charge in [0, 0.05) is 38.2 Å². The predicted molar refractivity (Wildman–Crippen MR) is 130 cm³/mol. The van der Waals surface area contributed by atoms with Crippen LogP contribution in [0.15, 0.2) is 35.2 Å². The molecule has 1 fully saturated rings. The van der Waals surface area contributed by atoms with E-state index < -0.39 is 10.0 Å². The smallest absolute Gasteiger partial charge is 0.243 e. The Kier molecular flexibility index (Phi) is 8.74. The lowest BCUT2D eigenvalue weighted by molar-refractivity contribution is -0.120. The van der Waals surface area contributed by atoms with Gasteiger partial charge < -0.3 is 5.32 Å². The van der Waals surface area contributed by atoms with Gasteiger partial charge in [-0.25, -0.2) is 18.4 Å². The number of aromatic nitrogens is 2. The summed E-state index contributed by atoms with van der Waals surface area (Å²) in [5, 5.41) is 2.89. The van der Waals surface area contributed by atoms with E-state index in [1.807, 2.05) is 26.0 Å². The summed E-state index contributed by atoms with van der Waals surface area (Å²) >= 11 is 0. The molecule has 178 valence electrons. The van der Waals surface area contributed by atoms with Crippen LogP contribution in [0, 0.1) is 6.92 Å². The predicted octanol–water partition coefficient (Wildman–Crippen LogP) is 3.80. The van der Waals surface area contributed by atoms with E-state index in [0.717, 1.165) is 60.4 Å². The van der Waals surface area contributed by atoms with Crippen molar-refractivity contribution in [2.24, 2.45) is 0 Å². The Morgan fingerprint density at radius 3 is 2.39 bits per heavy atom. The zero-order valence-electron chi connectivity index (χ0n) is 19.8. The first-order valence-corrected chi connectivity index (χ1v) is 13.2. The number of amides is 1. The van der Waals surface area contributed by atoms with Crippen LogP contribution in [0.4, 0.5) is 0 Å². The van der Waals surface area contributed by atoms with Crippen molar-refractivity contribution in [2.75, 3.05) is 13.1 Å². The van der Waals surface area contributed by atoms with Gasteiger partial charge in [-0.05, 0) is 55.5 Å². The van der Waals surface area contributed by atoms with Crippen molar-refractivity contribution >= 4 is 22.0 Å². The molecule has 3 rings (SSSR count). The third kappa shape index (κ3) is 6.48. The molecule has 0 spiro atoms. The molecule has 1 aliphatic rings. The summed E-state index contributed by atoms with van der Waals surface area (Å²) in [5.74, 6) is 0.704. The molecule has 33 heavy (non-hydrogen) atoms. The Bertz CT molecular complexity index is 1090. The van der Waals surface area contributed by atoms with Crippen molar-refractivity contribution in [2.45, 2.75) is 70.7 Å². The van der Waals surface area contributed by atoms with Gasteiger partial charge in [-0.2, -0.15) is 4.31 Å². The van der Waals surface area contributed by atoms with Crippen LogP contribution < -0.4 is 5.32 Å². The normalized spacial score (nSPS) is 15.1. The third-order valence-electron chi connectivity index (χ3n) is 5.91. The molecule has 0 radical (unpaired) electrons. The highest BCUT2D eigenvalue weighted by molar-refractivity contribution is 7.89. The van der Waals surface area contributed by atoms with E-state index in [-0.39, 0.29) is 12.3 Å². The number of nitrogens with zero attached hydrogens (tertiary/aromatic N) is 3. The number of rotatable bonds is 9. The van der Waals surface area contributed by atoms with Crippen LogP contribution >= 0.6 is 0 Å². The van der Waals surface area contributed by atoms with Crippen LogP contribution in [0.2, 0.25) is 0 Å². The fourth-order valence-corrected chi connectivity index (χ4v) is 5.51. The Morgan fingerprint density at radius 2 is 1.76 bits per heavy atom. The molecule has 0 bridgehead atoms. The molecule has 7 nitrogen and oxygen atoms in total. The van der Waals surface area contributed by atoms with E-state index in [2.05, 4.69) is 22.2 Å². The molecule has 0 unspecified atom stereocenters. The highest BCUT2D eigenvalue weighted by Crippen LogP contribution is 2.21. The van der Waals surface area contributed by atoms with Crippen LogP contribution in [0.5, 0.6) is 0 Å². The number of benzene rings is 1. The Labute approximate surface area is 197 Å². The molecule has 2 heterocycles. The first-order chi connectivity index (χ1) is 15.8. The number of hydrogen-bond acceptors (Lipinski definition) is 5. The highest BCUT2D eigenvalue weighted by atomic mass is 32.2. The molecular formula is C25H34N4O3S. The monoisotopic (exact) mass is 470 g/mol. The molecule has 1 amide bonds. The number of piperidine rings is 1. The summed E-state index contributed by atoms with van der Waals surface area (Å²) in [5.41, 5.74) is 3.82. The van der Waals surface area contributed by atoms with Crippen molar-refractivity contribution in [3.05, 3.63) is 58.7 Å². The molecule has 1 aromatic heterocycles. The van der Waals surface area contributed by atoms with Crippen LogP contribution in [0.1, 0.15) is 67.9 Å². The lowest BCUT2D eigenvalue weighted by Gasteiger charge is -2.25. The summed E-state index contributed by atoms with van der Waals surface area (Å²) in [6.07, 6.45) is 8.47. The maximum absolute atomic E-state index is 12.7. The second kappa shape index (κ2) is 11.5. The molecule has 1 N–H and O–H groups in total. The Hall–Kier alpha value is -2.58. The zero-order chi connectivity index (χ0) is 23.8. The minimum atomic E-state index is -3.44. The number of hydrogen-bond donors (Lipinski definition) is 1. The first kappa shape index (κ1) is 25.1. The average molecular weight is 471 g/mol. The van der Waals surface area contributed by atoms with E-state index in [0.29, 0.717) is 24.5 Å². The van der Waals surface area contributed by atoms with Crippen molar-refractivity contribution in [1.29, 1.82) is 0 Å². The van der Waals surface area contributed by atoms with Crippen LogP contribution in [-0.2, 0) is 34.2 Å². The Morgan fingerprint density at radius 1 is 1.06 bits per heavy atom. The number of sulfonamides is 1. The molecule has 1 aliphatic heterocycles. The lowest BCUT2D eigenvalue weighted by Crippen LogP contribution is -2.35. The average Bonchev–Trinajstić information content (AvgIpc) is 2.83. The number of aryl methyl sites for hydroxylation is 2. The van der Waals surface area contributed by atoms with Crippen LogP contribution in [-0.4, -0.2) is 41.7 Å². The largest absolute Gasteiger partial charge is 0.352 e. The van der Waals surface area contributed by atoms with Crippen molar-refractivity contribution in [3.63, 3.8) is 0 Å². The zero-order valence-corrected chi connectivity index (χ0v) is 20.6. The number of carbonyl (C=O) groups is 1. The second-order valence-corrected chi connectivity index (χ2v) is 10.2. The molecule has 8 heteroatoms. The van der Waals surface area contributed by atoms with Crippen molar-refractivity contribution in [1.82, 2.24) is 19.6 Å². The SMILES string of the molecule is CCc1nc(C)c(CC)c(/C=C\CC(=O)NCc2ccc(S(=O)(=O)N3CCCCC3)cc2)n1. The van der Waals surface area contributed by atoms with Gasteiger partial charge in [-0.3, -0.25) is 4.79 Å². The summed E-state index contributed by atoms with van der Waals surface area (Å²) in [4.78, 5) is 21.7. The maximum Gasteiger partial charge on any atom is 0.243 e. The minimum Gasteiger partial charge on any atom is -0.352 e. The molecule has 0 aliphatic carbocycles. The molecule has 2 aromatic rings. The second-order valence-electron chi connectivity index (χ2n) is 8.29. The van der Waals surface area contributed by atoms with Gasteiger partial charge in [0.15, 0.2) is 0 Å². The maximum atomic E-state index is 12.7. The van der Waals surface area contributed by atoms with Gasteiger partial charge in [-0.1, -0.05) is 38.5 Å². The van der Waals surface area contributed by atoms with Gasteiger partial charge in [0.05, 0.1) is 10.6 Å². The fourth-order valence-electron chi connectivity index (χ4n) is 3.99. The Balaban J connectivity index is 1.55. The summed E-state index contributed by atoms with van der Waals surface area (Å²) < 4.78 is 27.1.